The van der Waals surface area contributed by atoms with Gasteiger partial charge in [-0.2, -0.15) is 0 Å². The average molecular weight is 355 g/mol. The Morgan fingerprint density at radius 1 is 1.05 bits per heavy atom. The fraction of sp³-hybridized carbons (Fsp3) is 0.0556. The number of carbonyl (C=O) groups is 1. The summed E-state index contributed by atoms with van der Waals surface area (Å²) in [7, 11) is 0. The highest BCUT2D eigenvalue weighted by molar-refractivity contribution is 9.10. The van der Waals surface area contributed by atoms with E-state index in [0.29, 0.717) is 12.0 Å². The molecule has 0 fully saturated rings. The van der Waals surface area contributed by atoms with Crippen LogP contribution in [0.1, 0.15) is 21.6 Å². The van der Waals surface area contributed by atoms with Gasteiger partial charge in [0.25, 0.3) is 5.91 Å². The van der Waals surface area contributed by atoms with Crippen molar-refractivity contribution in [3.05, 3.63) is 82.0 Å². The van der Waals surface area contributed by atoms with Crippen LogP contribution < -0.4 is 5.73 Å². The van der Waals surface area contributed by atoms with E-state index < -0.39 is 5.91 Å². The zero-order chi connectivity index (χ0) is 15.5. The summed E-state index contributed by atoms with van der Waals surface area (Å²) < 4.78 is 0.991. The molecule has 1 aromatic heterocycles. The number of benzene rings is 2. The highest BCUT2D eigenvalue weighted by atomic mass is 79.9. The highest BCUT2D eigenvalue weighted by Crippen LogP contribution is 2.25. The van der Waals surface area contributed by atoms with Crippen LogP contribution in [0.3, 0.4) is 0 Å². The van der Waals surface area contributed by atoms with Crippen LogP contribution in [-0.2, 0) is 6.42 Å². The summed E-state index contributed by atoms with van der Waals surface area (Å²) in [6.45, 7) is 0. The molecule has 0 atom stereocenters. The largest absolute Gasteiger partial charge is 0.366 e. The standard InChI is InChI=1S/C18H15BrN2O/c19-14-8-4-7-13(10-14)16-11-15(18(20)22)17(21-16)9-12-5-2-1-3-6-12/h1-8,10-11,21H,9H2,(H2,20,22). The normalized spacial score (nSPS) is 10.6. The molecule has 2 aromatic carbocycles. The number of aromatic nitrogens is 1. The Labute approximate surface area is 137 Å². The summed E-state index contributed by atoms with van der Waals surface area (Å²) in [5.41, 5.74) is 9.94. The van der Waals surface area contributed by atoms with Gasteiger partial charge in [-0.1, -0.05) is 58.4 Å². The number of rotatable bonds is 4. The van der Waals surface area contributed by atoms with Gasteiger partial charge in [-0.25, -0.2) is 0 Å². The molecule has 3 aromatic rings. The van der Waals surface area contributed by atoms with Gasteiger partial charge in [0.05, 0.1) is 5.56 Å². The maximum absolute atomic E-state index is 11.7. The van der Waals surface area contributed by atoms with E-state index in [9.17, 15) is 4.79 Å². The van der Waals surface area contributed by atoms with E-state index in [0.717, 1.165) is 27.0 Å². The monoisotopic (exact) mass is 354 g/mol. The van der Waals surface area contributed by atoms with Crippen LogP contribution in [-0.4, -0.2) is 10.9 Å². The van der Waals surface area contributed by atoms with Crippen LogP contribution in [0.15, 0.2) is 65.1 Å². The SMILES string of the molecule is NC(=O)c1cc(-c2cccc(Br)c2)[nH]c1Cc1ccccc1. The molecule has 22 heavy (non-hydrogen) atoms. The predicted octanol–water partition coefficient (Wildman–Crippen LogP) is 4.13. The Morgan fingerprint density at radius 2 is 1.82 bits per heavy atom. The van der Waals surface area contributed by atoms with Crippen molar-refractivity contribution in [3.8, 4) is 11.3 Å². The summed E-state index contributed by atoms with van der Waals surface area (Å²) in [6.07, 6.45) is 0.646. The van der Waals surface area contributed by atoms with Gasteiger partial charge in [0.2, 0.25) is 0 Å². The number of hydrogen-bond donors (Lipinski definition) is 2. The Hall–Kier alpha value is -2.33. The van der Waals surface area contributed by atoms with Crippen molar-refractivity contribution in [2.24, 2.45) is 5.73 Å². The Kier molecular flexibility index (Phi) is 4.11. The number of halogens is 1. The van der Waals surface area contributed by atoms with E-state index in [1.807, 2.05) is 60.7 Å². The van der Waals surface area contributed by atoms with Gasteiger partial charge < -0.3 is 10.7 Å². The van der Waals surface area contributed by atoms with E-state index in [1.54, 1.807) is 0 Å². The van der Waals surface area contributed by atoms with Crippen molar-refractivity contribution >= 4 is 21.8 Å². The molecule has 0 radical (unpaired) electrons. The predicted molar refractivity (Wildman–Crippen MR) is 91.7 cm³/mol. The van der Waals surface area contributed by atoms with Crippen molar-refractivity contribution in [2.75, 3.05) is 0 Å². The van der Waals surface area contributed by atoms with Crippen LogP contribution in [0.25, 0.3) is 11.3 Å². The molecular formula is C18H15BrN2O. The molecule has 0 bridgehead atoms. The number of H-pyrrole nitrogens is 1. The molecule has 110 valence electrons. The van der Waals surface area contributed by atoms with Gasteiger partial charge in [-0.15, -0.1) is 0 Å². The zero-order valence-corrected chi connectivity index (χ0v) is 13.4. The number of nitrogens with two attached hydrogens (primary N) is 1. The molecule has 3 rings (SSSR count). The first-order valence-electron chi connectivity index (χ1n) is 6.95. The molecular weight excluding hydrogens is 340 g/mol. The molecule has 0 spiro atoms. The maximum Gasteiger partial charge on any atom is 0.250 e. The van der Waals surface area contributed by atoms with Crippen LogP contribution in [0.5, 0.6) is 0 Å². The van der Waals surface area contributed by atoms with Crippen LogP contribution in [0, 0.1) is 0 Å². The van der Waals surface area contributed by atoms with Gasteiger partial charge in [0.15, 0.2) is 0 Å². The minimum atomic E-state index is -0.413. The quantitative estimate of drug-likeness (QED) is 0.726. The molecule has 3 nitrogen and oxygen atoms in total. The number of carbonyl (C=O) groups excluding carboxylic acids is 1. The second-order valence-electron chi connectivity index (χ2n) is 5.11. The number of aromatic amines is 1. The minimum absolute atomic E-state index is 0.413. The molecule has 0 saturated carbocycles. The third-order valence-electron chi connectivity index (χ3n) is 3.52. The van der Waals surface area contributed by atoms with Crippen LogP contribution >= 0.6 is 15.9 Å². The molecule has 1 amide bonds. The van der Waals surface area contributed by atoms with Gasteiger partial charge >= 0.3 is 0 Å². The van der Waals surface area contributed by atoms with Gasteiger partial charge in [-0.3, -0.25) is 4.79 Å². The Balaban J connectivity index is 2.01. The number of amides is 1. The van der Waals surface area contributed by atoms with Crippen molar-refractivity contribution in [2.45, 2.75) is 6.42 Å². The van der Waals surface area contributed by atoms with E-state index >= 15 is 0 Å². The third-order valence-corrected chi connectivity index (χ3v) is 4.02. The smallest absolute Gasteiger partial charge is 0.250 e. The average Bonchev–Trinajstić information content (AvgIpc) is 2.92. The molecule has 1 heterocycles. The van der Waals surface area contributed by atoms with Gasteiger partial charge in [-0.05, 0) is 29.3 Å². The summed E-state index contributed by atoms with van der Waals surface area (Å²) in [6, 6.07) is 19.7. The lowest BCUT2D eigenvalue weighted by Crippen LogP contribution is -2.12. The van der Waals surface area contributed by atoms with Crippen molar-refractivity contribution in [1.29, 1.82) is 0 Å². The lowest BCUT2D eigenvalue weighted by Gasteiger charge is -2.02. The summed E-state index contributed by atoms with van der Waals surface area (Å²) in [5.74, 6) is -0.413. The minimum Gasteiger partial charge on any atom is -0.366 e. The molecule has 0 aliphatic heterocycles. The third kappa shape index (κ3) is 3.12. The van der Waals surface area contributed by atoms with Crippen molar-refractivity contribution < 1.29 is 4.79 Å². The highest BCUT2D eigenvalue weighted by Gasteiger charge is 2.14. The fourth-order valence-corrected chi connectivity index (χ4v) is 2.87. The number of hydrogen-bond acceptors (Lipinski definition) is 1. The van der Waals surface area contributed by atoms with E-state index in [-0.39, 0.29) is 0 Å². The molecule has 0 aliphatic rings. The molecule has 3 N–H and O–H groups in total. The lowest BCUT2D eigenvalue weighted by atomic mass is 10.1. The lowest BCUT2D eigenvalue weighted by molar-refractivity contribution is 0.0999. The Morgan fingerprint density at radius 3 is 2.50 bits per heavy atom. The Bertz CT molecular complexity index is 809. The van der Waals surface area contributed by atoms with Crippen LogP contribution in [0.4, 0.5) is 0 Å². The van der Waals surface area contributed by atoms with Gasteiger partial charge in [0.1, 0.15) is 0 Å². The first kappa shape index (κ1) is 14.6. The summed E-state index contributed by atoms with van der Waals surface area (Å²) >= 11 is 3.46. The molecule has 0 unspecified atom stereocenters. The number of nitrogens with one attached hydrogen (secondary N) is 1. The molecule has 0 saturated heterocycles. The topological polar surface area (TPSA) is 58.9 Å². The summed E-state index contributed by atoms with van der Waals surface area (Å²) in [5, 5.41) is 0. The first-order valence-corrected chi connectivity index (χ1v) is 7.74. The zero-order valence-electron chi connectivity index (χ0n) is 11.8. The van der Waals surface area contributed by atoms with Gasteiger partial charge in [0, 0.05) is 22.3 Å². The maximum atomic E-state index is 11.7. The molecule has 4 heteroatoms. The van der Waals surface area contributed by atoms with Crippen LogP contribution in [0.2, 0.25) is 0 Å². The van der Waals surface area contributed by atoms with Crippen molar-refractivity contribution in [3.63, 3.8) is 0 Å². The van der Waals surface area contributed by atoms with E-state index in [4.69, 9.17) is 5.73 Å². The molecule has 0 aliphatic carbocycles. The second-order valence-corrected chi connectivity index (χ2v) is 6.03. The summed E-state index contributed by atoms with van der Waals surface area (Å²) in [4.78, 5) is 15.0. The fourth-order valence-electron chi connectivity index (χ4n) is 2.47. The second kappa shape index (κ2) is 6.20. The first-order chi connectivity index (χ1) is 10.6. The van der Waals surface area contributed by atoms with E-state index in [2.05, 4.69) is 20.9 Å². The van der Waals surface area contributed by atoms with E-state index in [1.165, 1.54) is 0 Å². The number of primary amides is 1. The van der Waals surface area contributed by atoms with Crippen molar-refractivity contribution in [1.82, 2.24) is 4.98 Å².